The van der Waals surface area contributed by atoms with Crippen LogP contribution in [0, 0.1) is 5.82 Å². The number of rotatable bonds is 10. The van der Waals surface area contributed by atoms with E-state index in [1.807, 2.05) is 24.3 Å². The molecule has 3 rings (SSSR count). The molecule has 2 amide bonds. The summed E-state index contributed by atoms with van der Waals surface area (Å²) in [4.78, 5) is 27.6. The molecule has 1 saturated carbocycles. The second kappa shape index (κ2) is 11.9. The predicted octanol–water partition coefficient (Wildman–Crippen LogP) is 4.54. The van der Waals surface area contributed by atoms with E-state index < -0.39 is 6.04 Å². The molecule has 7 heteroatoms. The lowest BCUT2D eigenvalue weighted by Gasteiger charge is -2.29. The summed E-state index contributed by atoms with van der Waals surface area (Å²) in [6.45, 7) is 2.03. The normalized spacial score (nSPS) is 14.7. The Kier molecular flexibility index (Phi) is 8.97. The number of hydrogen-bond donors (Lipinski definition) is 1. The largest absolute Gasteiger partial charge is 0.497 e. The Morgan fingerprint density at radius 2 is 1.72 bits per heavy atom. The quantitative estimate of drug-likeness (QED) is 0.568. The van der Waals surface area contributed by atoms with Crippen LogP contribution in [0.3, 0.4) is 0 Å². The zero-order valence-corrected chi connectivity index (χ0v) is 19.5. The molecular weight excluding hydrogens is 427 g/mol. The van der Waals surface area contributed by atoms with E-state index in [1.54, 1.807) is 31.1 Å². The van der Waals surface area contributed by atoms with Crippen molar-refractivity contribution in [2.24, 2.45) is 0 Å². The molecule has 1 atom stereocenters. The SMILES string of the molecule is COc1ccc(CSCC(=O)N(Cc2ccc(F)cc2)[C@H](C)C(=O)NC2CCCC2)cc1. The highest BCUT2D eigenvalue weighted by Crippen LogP contribution is 2.20. The topological polar surface area (TPSA) is 58.6 Å². The summed E-state index contributed by atoms with van der Waals surface area (Å²) >= 11 is 1.51. The Hall–Kier alpha value is -2.54. The number of methoxy groups -OCH3 is 1. The fourth-order valence-electron chi connectivity index (χ4n) is 3.82. The predicted molar refractivity (Wildman–Crippen MR) is 126 cm³/mol. The highest BCUT2D eigenvalue weighted by molar-refractivity contribution is 7.99. The molecule has 0 aromatic heterocycles. The van der Waals surface area contributed by atoms with Gasteiger partial charge in [-0.1, -0.05) is 37.1 Å². The molecule has 0 aliphatic heterocycles. The Morgan fingerprint density at radius 3 is 2.34 bits per heavy atom. The molecule has 2 aromatic carbocycles. The number of thioether (sulfide) groups is 1. The van der Waals surface area contributed by atoms with Gasteiger partial charge in [0.15, 0.2) is 0 Å². The van der Waals surface area contributed by atoms with Crippen LogP contribution in [0.5, 0.6) is 5.75 Å². The molecular formula is C25H31FN2O3S. The van der Waals surface area contributed by atoms with Crippen molar-refractivity contribution in [3.05, 3.63) is 65.5 Å². The van der Waals surface area contributed by atoms with E-state index in [1.165, 1.54) is 23.9 Å². The van der Waals surface area contributed by atoms with Crippen molar-refractivity contribution in [3.63, 3.8) is 0 Å². The molecule has 0 heterocycles. The van der Waals surface area contributed by atoms with Crippen LogP contribution in [0.25, 0.3) is 0 Å². The first-order valence-corrected chi connectivity index (χ1v) is 12.2. The number of amides is 2. The van der Waals surface area contributed by atoms with Crippen LogP contribution in [0.2, 0.25) is 0 Å². The molecule has 0 spiro atoms. The average Bonchev–Trinajstić information content (AvgIpc) is 3.31. The molecule has 0 bridgehead atoms. The molecule has 1 aliphatic rings. The summed E-state index contributed by atoms with van der Waals surface area (Å²) in [5, 5.41) is 3.09. The van der Waals surface area contributed by atoms with E-state index in [4.69, 9.17) is 4.74 Å². The van der Waals surface area contributed by atoms with Crippen molar-refractivity contribution in [2.45, 2.75) is 57.0 Å². The maximum absolute atomic E-state index is 13.3. The van der Waals surface area contributed by atoms with Gasteiger partial charge in [-0.25, -0.2) is 4.39 Å². The second-order valence-corrected chi connectivity index (χ2v) is 9.14. The van der Waals surface area contributed by atoms with Crippen LogP contribution in [-0.4, -0.2) is 41.7 Å². The highest BCUT2D eigenvalue weighted by atomic mass is 32.2. The Balaban J connectivity index is 1.63. The Labute approximate surface area is 193 Å². The van der Waals surface area contributed by atoms with Gasteiger partial charge in [0, 0.05) is 18.3 Å². The molecule has 0 unspecified atom stereocenters. The van der Waals surface area contributed by atoms with Gasteiger partial charge in [-0.3, -0.25) is 9.59 Å². The van der Waals surface area contributed by atoms with Crippen LogP contribution in [-0.2, 0) is 21.9 Å². The zero-order chi connectivity index (χ0) is 22.9. The van der Waals surface area contributed by atoms with Gasteiger partial charge in [0.25, 0.3) is 0 Å². The number of hydrogen-bond acceptors (Lipinski definition) is 4. The molecule has 5 nitrogen and oxygen atoms in total. The smallest absolute Gasteiger partial charge is 0.242 e. The molecule has 1 N–H and O–H groups in total. The van der Waals surface area contributed by atoms with Gasteiger partial charge in [-0.15, -0.1) is 11.8 Å². The van der Waals surface area contributed by atoms with Crippen molar-refractivity contribution in [1.82, 2.24) is 10.2 Å². The first kappa shape index (κ1) is 24.1. The molecule has 0 radical (unpaired) electrons. The number of ether oxygens (including phenoxy) is 1. The minimum atomic E-state index is -0.602. The Morgan fingerprint density at radius 1 is 1.09 bits per heavy atom. The van der Waals surface area contributed by atoms with Crippen LogP contribution in [0.15, 0.2) is 48.5 Å². The van der Waals surface area contributed by atoms with Gasteiger partial charge in [0.1, 0.15) is 17.6 Å². The lowest BCUT2D eigenvalue weighted by Crippen LogP contribution is -2.50. The third-order valence-electron chi connectivity index (χ3n) is 5.79. The average molecular weight is 459 g/mol. The van der Waals surface area contributed by atoms with Gasteiger partial charge in [0.05, 0.1) is 12.9 Å². The van der Waals surface area contributed by atoms with E-state index in [0.717, 1.165) is 42.6 Å². The minimum absolute atomic E-state index is 0.109. The monoisotopic (exact) mass is 458 g/mol. The van der Waals surface area contributed by atoms with Crippen LogP contribution < -0.4 is 10.1 Å². The molecule has 1 fully saturated rings. The third kappa shape index (κ3) is 6.99. The van der Waals surface area contributed by atoms with Gasteiger partial charge in [0.2, 0.25) is 11.8 Å². The van der Waals surface area contributed by atoms with Gasteiger partial charge < -0.3 is 15.0 Å². The van der Waals surface area contributed by atoms with Crippen molar-refractivity contribution in [1.29, 1.82) is 0 Å². The number of nitrogens with one attached hydrogen (secondary N) is 1. The first-order chi connectivity index (χ1) is 15.5. The van der Waals surface area contributed by atoms with Gasteiger partial charge >= 0.3 is 0 Å². The first-order valence-electron chi connectivity index (χ1n) is 11.0. The maximum Gasteiger partial charge on any atom is 0.242 e. The standard InChI is InChI=1S/C25H31FN2O3S/c1-18(25(30)27-22-5-3-4-6-22)28(15-19-7-11-21(26)12-8-19)24(29)17-32-16-20-9-13-23(31-2)14-10-20/h7-14,18,22H,3-6,15-17H2,1-2H3,(H,27,30)/t18-/m1/s1. The van der Waals surface area contributed by atoms with Crippen LogP contribution >= 0.6 is 11.8 Å². The molecule has 172 valence electrons. The summed E-state index contributed by atoms with van der Waals surface area (Å²) in [7, 11) is 1.63. The zero-order valence-electron chi connectivity index (χ0n) is 18.7. The summed E-state index contributed by atoms with van der Waals surface area (Å²) in [6, 6.07) is 13.4. The number of nitrogens with zero attached hydrogens (tertiary/aromatic N) is 1. The van der Waals surface area contributed by atoms with E-state index in [9.17, 15) is 14.0 Å². The summed E-state index contributed by atoms with van der Waals surface area (Å²) in [5.74, 6) is 1.17. The summed E-state index contributed by atoms with van der Waals surface area (Å²) in [5.41, 5.74) is 1.89. The Bertz CT molecular complexity index is 883. The van der Waals surface area contributed by atoms with E-state index in [2.05, 4.69) is 5.32 Å². The number of carbonyl (C=O) groups is 2. The number of halogens is 1. The van der Waals surface area contributed by atoms with E-state index >= 15 is 0 Å². The molecule has 2 aromatic rings. The molecule has 0 saturated heterocycles. The number of carbonyl (C=O) groups excluding carboxylic acids is 2. The lowest BCUT2D eigenvalue weighted by molar-refractivity contribution is -0.138. The second-order valence-electron chi connectivity index (χ2n) is 8.15. The fourth-order valence-corrected chi connectivity index (χ4v) is 4.69. The van der Waals surface area contributed by atoms with Crippen LogP contribution in [0.1, 0.15) is 43.7 Å². The molecule has 32 heavy (non-hydrogen) atoms. The fraction of sp³-hybridized carbons (Fsp3) is 0.440. The van der Waals surface area contributed by atoms with Crippen molar-refractivity contribution in [2.75, 3.05) is 12.9 Å². The van der Waals surface area contributed by atoms with Crippen molar-refractivity contribution >= 4 is 23.6 Å². The minimum Gasteiger partial charge on any atom is -0.497 e. The lowest BCUT2D eigenvalue weighted by atomic mass is 10.1. The van der Waals surface area contributed by atoms with E-state index in [-0.39, 0.29) is 36.0 Å². The van der Waals surface area contributed by atoms with Gasteiger partial charge in [-0.05, 0) is 55.2 Å². The number of benzene rings is 2. The van der Waals surface area contributed by atoms with Gasteiger partial charge in [-0.2, -0.15) is 0 Å². The van der Waals surface area contributed by atoms with Crippen molar-refractivity contribution < 1.29 is 18.7 Å². The third-order valence-corrected chi connectivity index (χ3v) is 6.78. The maximum atomic E-state index is 13.3. The summed E-state index contributed by atoms with van der Waals surface area (Å²) in [6.07, 6.45) is 4.23. The van der Waals surface area contributed by atoms with Crippen molar-refractivity contribution in [3.8, 4) is 5.75 Å². The van der Waals surface area contributed by atoms with E-state index in [0.29, 0.717) is 5.75 Å². The summed E-state index contributed by atoms with van der Waals surface area (Å²) < 4.78 is 18.5. The highest BCUT2D eigenvalue weighted by Gasteiger charge is 2.28. The molecule has 1 aliphatic carbocycles. The van der Waals surface area contributed by atoms with Crippen LogP contribution in [0.4, 0.5) is 4.39 Å².